The van der Waals surface area contributed by atoms with Crippen LogP contribution in [-0.4, -0.2) is 45.0 Å². The van der Waals surface area contributed by atoms with Gasteiger partial charge in [0.25, 0.3) is 0 Å². The number of benzene rings is 2. The van der Waals surface area contributed by atoms with Crippen LogP contribution in [0.25, 0.3) is 28.0 Å². The van der Waals surface area contributed by atoms with Crippen molar-refractivity contribution in [1.82, 2.24) is 25.2 Å². The second kappa shape index (κ2) is 13.9. The molecule has 3 heterocycles. The maximum atomic E-state index is 15.3. The van der Waals surface area contributed by atoms with Gasteiger partial charge in [0.1, 0.15) is 17.3 Å². The number of rotatable bonds is 12. The lowest BCUT2D eigenvalue weighted by Gasteiger charge is -2.34. The van der Waals surface area contributed by atoms with E-state index in [9.17, 15) is 4.79 Å². The summed E-state index contributed by atoms with van der Waals surface area (Å²) in [6.45, 7) is 4.02. The topological polar surface area (TPSA) is 151 Å². The molecule has 9 nitrogen and oxygen atoms in total. The van der Waals surface area contributed by atoms with Crippen LogP contribution in [-0.2, 0) is 6.42 Å². The molecule has 46 heavy (non-hydrogen) atoms. The van der Waals surface area contributed by atoms with Crippen LogP contribution in [0.2, 0.25) is 0 Å². The Hall–Kier alpha value is -3.86. The van der Waals surface area contributed by atoms with Crippen LogP contribution in [0.1, 0.15) is 81.0 Å². The Kier molecular flexibility index (Phi) is 9.67. The molecule has 2 fully saturated rings. The van der Waals surface area contributed by atoms with E-state index in [1.165, 1.54) is 18.4 Å². The number of nitrogens with zero attached hydrogens (tertiary/aromatic N) is 2. The second-order valence-electron chi connectivity index (χ2n) is 13.5. The smallest absolute Gasteiger partial charge is 0.354 e. The predicted octanol–water partition coefficient (Wildman–Crippen LogP) is 5.38. The lowest BCUT2D eigenvalue weighted by molar-refractivity contribution is 0.285. The first-order valence-electron chi connectivity index (χ1n) is 16.8. The van der Waals surface area contributed by atoms with E-state index in [2.05, 4.69) is 32.7 Å². The number of aryl methyl sites for hydroxylation is 2. The molecule has 2 aromatic carbocycles. The van der Waals surface area contributed by atoms with Crippen molar-refractivity contribution in [3.05, 3.63) is 81.7 Å². The Morgan fingerprint density at radius 1 is 1.17 bits per heavy atom. The summed E-state index contributed by atoms with van der Waals surface area (Å²) in [6.07, 6.45) is 11.2. The summed E-state index contributed by atoms with van der Waals surface area (Å²) in [5.41, 5.74) is 16.3. The normalized spacial score (nSPS) is 19.7. The molecule has 1 saturated carbocycles. The van der Waals surface area contributed by atoms with Crippen molar-refractivity contribution in [1.29, 1.82) is 5.41 Å². The number of fused-ring (bicyclic) bond motifs is 1. The summed E-state index contributed by atoms with van der Waals surface area (Å²) in [4.78, 5) is 20.6. The Morgan fingerprint density at radius 2 is 1.96 bits per heavy atom. The van der Waals surface area contributed by atoms with Gasteiger partial charge in [-0.3, -0.25) is 9.98 Å². The Labute approximate surface area is 269 Å². The molecule has 0 bridgehead atoms. The number of hydrogen-bond donors (Lipinski definition) is 6. The molecule has 244 valence electrons. The molecule has 1 aliphatic heterocycles. The minimum atomic E-state index is -0.396. The van der Waals surface area contributed by atoms with Crippen molar-refractivity contribution in [3.63, 3.8) is 0 Å². The number of amidine groups is 1. The fourth-order valence-corrected chi connectivity index (χ4v) is 6.93. The van der Waals surface area contributed by atoms with Gasteiger partial charge in [0.15, 0.2) is 0 Å². The zero-order chi connectivity index (χ0) is 32.4. The van der Waals surface area contributed by atoms with Gasteiger partial charge < -0.3 is 27.1 Å². The number of nitrogens with one attached hydrogen (secondary N) is 4. The molecule has 2 aromatic heterocycles. The van der Waals surface area contributed by atoms with E-state index < -0.39 is 5.69 Å². The first-order valence-corrected chi connectivity index (χ1v) is 16.8. The third kappa shape index (κ3) is 7.40. The SMILES string of the molecule is Cc1cc(CCC[C@H](C)N)cc(-c2cc3cn(-c4ccc([C@@H]5CCC[C@@H](C[C@H](NC(=N)CN)C6CC6)N5)cc4)c(=O)nc3[nH]2)c1F. The lowest BCUT2D eigenvalue weighted by atomic mass is 9.89. The summed E-state index contributed by atoms with van der Waals surface area (Å²) >= 11 is 0. The quantitative estimate of drug-likeness (QED) is 0.0919. The molecule has 4 aromatic rings. The van der Waals surface area contributed by atoms with Crippen LogP contribution in [0.3, 0.4) is 0 Å². The number of halogens is 1. The molecule has 6 rings (SSSR count). The van der Waals surface area contributed by atoms with Crippen molar-refractivity contribution in [2.45, 2.75) is 95.8 Å². The Morgan fingerprint density at radius 3 is 2.67 bits per heavy atom. The summed E-state index contributed by atoms with van der Waals surface area (Å²) in [7, 11) is 0. The molecule has 10 heteroatoms. The molecule has 0 unspecified atom stereocenters. The summed E-state index contributed by atoms with van der Waals surface area (Å²) in [5.74, 6) is 0.776. The molecule has 8 N–H and O–H groups in total. The van der Waals surface area contributed by atoms with E-state index in [0.29, 0.717) is 46.3 Å². The van der Waals surface area contributed by atoms with Crippen LogP contribution >= 0.6 is 0 Å². The fourth-order valence-electron chi connectivity index (χ4n) is 6.93. The van der Waals surface area contributed by atoms with Crippen LogP contribution in [0, 0.1) is 24.1 Å². The highest BCUT2D eigenvalue weighted by Crippen LogP contribution is 2.36. The monoisotopic (exact) mass is 626 g/mol. The van der Waals surface area contributed by atoms with Gasteiger partial charge in [-0.15, -0.1) is 0 Å². The van der Waals surface area contributed by atoms with Gasteiger partial charge in [0, 0.05) is 41.3 Å². The molecular weight excluding hydrogens is 579 g/mol. The van der Waals surface area contributed by atoms with Crippen molar-refractivity contribution in [2.75, 3.05) is 6.54 Å². The van der Waals surface area contributed by atoms with Gasteiger partial charge in [0.2, 0.25) is 0 Å². The minimum Gasteiger partial charge on any atom is -0.370 e. The zero-order valence-electron chi connectivity index (χ0n) is 26.9. The predicted molar refractivity (Wildman–Crippen MR) is 183 cm³/mol. The number of H-pyrrole nitrogens is 1. The Balaban J connectivity index is 1.18. The van der Waals surface area contributed by atoms with Gasteiger partial charge >= 0.3 is 5.69 Å². The van der Waals surface area contributed by atoms with E-state index in [1.54, 1.807) is 17.7 Å². The number of hydrogen-bond acceptors (Lipinski definition) is 6. The average Bonchev–Trinajstić information content (AvgIpc) is 3.81. The van der Waals surface area contributed by atoms with Gasteiger partial charge in [-0.25, -0.2) is 9.18 Å². The zero-order valence-corrected chi connectivity index (χ0v) is 26.9. The number of aromatic amines is 1. The van der Waals surface area contributed by atoms with E-state index in [1.807, 2.05) is 37.3 Å². The number of aromatic nitrogens is 3. The summed E-state index contributed by atoms with van der Waals surface area (Å²) in [6, 6.07) is 14.8. The van der Waals surface area contributed by atoms with E-state index in [0.717, 1.165) is 61.6 Å². The second-order valence-corrected chi connectivity index (χ2v) is 13.5. The maximum Gasteiger partial charge on any atom is 0.354 e. The first-order chi connectivity index (χ1) is 22.2. The lowest BCUT2D eigenvalue weighted by Crippen LogP contribution is -2.46. The number of piperidine rings is 1. The highest BCUT2D eigenvalue weighted by Gasteiger charge is 2.34. The first kappa shape index (κ1) is 32.1. The number of nitrogens with two attached hydrogens (primary N) is 2. The van der Waals surface area contributed by atoms with Gasteiger partial charge in [-0.05, 0) is 112 Å². The third-order valence-electron chi connectivity index (χ3n) is 9.59. The molecule has 0 amide bonds. The third-order valence-corrected chi connectivity index (χ3v) is 9.59. The molecular formula is C36H47FN8O. The maximum absolute atomic E-state index is 15.3. The van der Waals surface area contributed by atoms with Gasteiger partial charge in [-0.2, -0.15) is 4.98 Å². The van der Waals surface area contributed by atoms with Crippen LogP contribution in [0.5, 0.6) is 0 Å². The molecule has 0 spiro atoms. The fraction of sp³-hybridized carbons (Fsp3) is 0.472. The molecule has 1 aliphatic carbocycles. The van der Waals surface area contributed by atoms with Crippen molar-refractivity contribution >= 4 is 16.9 Å². The van der Waals surface area contributed by atoms with Crippen molar-refractivity contribution in [2.24, 2.45) is 17.4 Å². The molecule has 1 saturated heterocycles. The van der Waals surface area contributed by atoms with E-state index in [4.69, 9.17) is 16.9 Å². The van der Waals surface area contributed by atoms with Crippen molar-refractivity contribution in [3.8, 4) is 16.9 Å². The standard InChI is InChI=1S/C36H47FN8O/c1-21-15-23(6-3-5-22(2)39)16-29(34(21)37)32-17-26-20-45(36(46)44-35(26)43-32)28-13-11-24(12-14-28)30-8-4-7-27(41-30)18-31(25-9-10-25)42-33(40)19-38/h11-17,20,22,25,27,30-31,41H,3-10,18-19,38-39H2,1-2H3,(H2,40,42)(H,43,44,46)/t22-,27-,30-,31-/m0/s1. The van der Waals surface area contributed by atoms with Gasteiger partial charge in [-0.1, -0.05) is 24.6 Å². The van der Waals surface area contributed by atoms with E-state index in [-0.39, 0.29) is 24.4 Å². The average molecular weight is 627 g/mol. The summed E-state index contributed by atoms with van der Waals surface area (Å²) < 4.78 is 16.8. The van der Waals surface area contributed by atoms with E-state index >= 15 is 4.39 Å². The minimum absolute atomic E-state index is 0.137. The highest BCUT2D eigenvalue weighted by atomic mass is 19.1. The van der Waals surface area contributed by atoms with Crippen LogP contribution in [0.4, 0.5) is 4.39 Å². The van der Waals surface area contributed by atoms with Gasteiger partial charge in [0.05, 0.1) is 17.9 Å². The Bertz CT molecular complexity index is 1740. The molecule has 0 radical (unpaired) electrons. The molecule has 4 atom stereocenters. The van der Waals surface area contributed by atoms with Crippen molar-refractivity contribution < 1.29 is 4.39 Å². The largest absolute Gasteiger partial charge is 0.370 e. The van der Waals surface area contributed by atoms with Crippen LogP contribution < -0.4 is 27.8 Å². The van der Waals surface area contributed by atoms with Crippen LogP contribution in [0.15, 0.2) is 53.5 Å². The summed E-state index contributed by atoms with van der Waals surface area (Å²) in [5, 5.41) is 16.0. The molecule has 2 aliphatic rings. The highest BCUT2D eigenvalue weighted by molar-refractivity contribution is 5.83.